The third-order valence-corrected chi connectivity index (χ3v) is 3.38. The number of hydrogen-bond donors (Lipinski definition) is 1. The predicted octanol–water partition coefficient (Wildman–Crippen LogP) is 2.96. The molecule has 0 aliphatic heterocycles. The minimum atomic E-state index is -0.0833. The first-order valence-electron chi connectivity index (χ1n) is 6.08. The van der Waals surface area contributed by atoms with Crippen molar-refractivity contribution in [2.75, 3.05) is 13.2 Å². The van der Waals surface area contributed by atoms with E-state index in [4.69, 9.17) is 10.5 Å². The molecule has 0 aromatic rings. The van der Waals surface area contributed by atoms with E-state index in [0.717, 1.165) is 19.4 Å². The molecule has 2 heteroatoms. The molecule has 1 rings (SSSR count). The van der Waals surface area contributed by atoms with Crippen molar-refractivity contribution in [1.29, 1.82) is 0 Å². The molecule has 1 aliphatic rings. The quantitative estimate of drug-likeness (QED) is 0.782. The van der Waals surface area contributed by atoms with E-state index in [1.165, 1.54) is 6.42 Å². The van der Waals surface area contributed by atoms with Gasteiger partial charge >= 0.3 is 0 Å². The van der Waals surface area contributed by atoms with E-state index in [-0.39, 0.29) is 5.60 Å². The SMILES string of the molecule is CCOC1(CN)CC(C)(C)CC(C)(C)C1. The van der Waals surface area contributed by atoms with Crippen molar-refractivity contribution in [2.45, 2.75) is 59.5 Å². The average Bonchev–Trinajstić information content (AvgIpc) is 1.98. The van der Waals surface area contributed by atoms with E-state index in [1.54, 1.807) is 0 Å². The van der Waals surface area contributed by atoms with Gasteiger partial charge in [-0.25, -0.2) is 0 Å². The van der Waals surface area contributed by atoms with Crippen LogP contribution >= 0.6 is 0 Å². The number of rotatable bonds is 3. The van der Waals surface area contributed by atoms with Gasteiger partial charge in [-0.3, -0.25) is 0 Å². The smallest absolute Gasteiger partial charge is 0.0814 e. The highest BCUT2D eigenvalue weighted by Crippen LogP contribution is 2.51. The second-order valence-electron chi connectivity index (χ2n) is 6.68. The lowest BCUT2D eigenvalue weighted by Crippen LogP contribution is -2.52. The van der Waals surface area contributed by atoms with Crippen molar-refractivity contribution in [1.82, 2.24) is 0 Å². The van der Waals surface area contributed by atoms with E-state index < -0.39 is 0 Å². The summed E-state index contributed by atoms with van der Waals surface area (Å²) in [5, 5.41) is 0. The lowest BCUT2D eigenvalue weighted by molar-refractivity contribution is -0.121. The van der Waals surface area contributed by atoms with Crippen molar-refractivity contribution in [2.24, 2.45) is 16.6 Å². The zero-order valence-electron chi connectivity index (χ0n) is 11.0. The minimum Gasteiger partial charge on any atom is -0.374 e. The maximum atomic E-state index is 5.97. The maximum Gasteiger partial charge on any atom is 0.0814 e. The molecule has 1 fully saturated rings. The van der Waals surface area contributed by atoms with Gasteiger partial charge < -0.3 is 10.5 Å². The normalized spacial score (nSPS) is 27.6. The van der Waals surface area contributed by atoms with E-state index in [9.17, 15) is 0 Å². The van der Waals surface area contributed by atoms with E-state index in [0.29, 0.717) is 17.4 Å². The topological polar surface area (TPSA) is 35.2 Å². The van der Waals surface area contributed by atoms with Crippen LogP contribution in [0.4, 0.5) is 0 Å². The summed E-state index contributed by atoms with van der Waals surface area (Å²) in [4.78, 5) is 0. The third-order valence-electron chi connectivity index (χ3n) is 3.38. The van der Waals surface area contributed by atoms with E-state index in [1.807, 2.05) is 0 Å². The Morgan fingerprint density at radius 1 is 1.00 bits per heavy atom. The molecule has 0 heterocycles. The Labute approximate surface area is 94.6 Å². The lowest BCUT2D eigenvalue weighted by Gasteiger charge is -2.51. The van der Waals surface area contributed by atoms with Crippen LogP contribution in [0.5, 0.6) is 0 Å². The Hall–Kier alpha value is -0.0800. The fourth-order valence-electron chi connectivity index (χ4n) is 3.84. The molecule has 1 saturated carbocycles. The Balaban J connectivity index is 2.89. The number of hydrogen-bond acceptors (Lipinski definition) is 2. The van der Waals surface area contributed by atoms with Crippen LogP contribution in [0.3, 0.4) is 0 Å². The summed E-state index contributed by atoms with van der Waals surface area (Å²) in [5.74, 6) is 0. The monoisotopic (exact) mass is 213 g/mol. The summed E-state index contributed by atoms with van der Waals surface area (Å²) in [6.07, 6.45) is 3.44. The summed E-state index contributed by atoms with van der Waals surface area (Å²) >= 11 is 0. The molecule has 0 bridgehead atoms. The molecule has 0 radical (unpaired) electrons. The minimum absolute atomic E-state index is 0.0833. The second kappa shape index (κ2) is 4.06. The molecular weight excluding hydrogens is 186 g/mol. The van der Waals surface area contributed by atoms with Gasteiger partial charge in [0.1, 0.15) is 0 Å². The molecule has 2 nitrogen and oxygen atoms in total. The van der Waals surface area contributed by atoms with Crippen LogP contribution in [0.15, 0.2) is 0 Å². The van der Waals surface area contributed by atoms with Crippen molar-refractivity contribution in [3.05, 3.63) is 0 Å². The third kappa shape index (κ3) is 3.18. The maximum absolute atomic E-state index is 5.97. The molecule has 90 valence electrons. The molecule has 1 aliphatic carbocycles. The van der Waals surface area contributed by atoms with Crippen LogP contribution in [0, 0.1) is 10.8 Å². The summed E-state index contributed by atoms with van der Waals surface area (Å²) < 4.78 is 5.97. The molecule has 0 aromatic heterocycles. The van der Waals surface area contributed by atoms with Gasteiger partial charge in [-0.2, -0.15) is 0 Å². The van der Waals surface area contributed by atoms with E-state index >= 15 is 0 Å². The molecule has 0 saturated heterocycles. The molecule has 0 spiro atoms. The fourth-order valence-corrected chi connectivity index (χ4v) is 3.84. The Bertz CT molecular complexity index is 205. The van der Waals surface area contributed by atoms with Crippen LogP contribution in [-0.2, 0) is 4.74 Å². The van der Waals surface area contributed by atoms with Gasteiger partial charge in [-0.15, -0.1) is 0 Å². The van der Waals surface area contributed by atoms with Crippen molar-refractivity contribution in [3.63, 3.8) is 0 Å². The molecule has 0 unspecified atom stereocenters. The Kier molecular flexibility index (Phi) is 3.52. The van der Waals surface area contributed by atoms with Crippen LogP contribution in [0.1, 0.15) is 53.9 Å². The highest BCUT2D eigenvalue weighted by molar-refractivity contribution is 4.99. The molecule has 0 atom stereocenters. The lowest BCUT2D eigenvalue weighted by atomic mass is 9.59. The Morgan fingerprint density at radius 2 is 1.47 bits per heavy atom. The highest BCUT2D eigenvalue weighted by atomic mass is 16.5. The number of nitrogens with two attached hydrogens (primary N) is 1. The first-order valence-corrected chi connectivity index (χ1v) is 6.08. The fraction of sp³-hybridized carbons (Fsp3) is 1.00. The molecule has 0 aromatic carbocycles. The van der Waals surface area contributed by atoms with E-state index in [2.05, 4.69) is 34.6 Å². The van der Waals surface area contributed by atoms with Crippen molar-refractivity contribution < 1.29 is 4.74 Å². The second-order valence-corrected chi connectivity index (χ2v) is 6.68. The zero-order chi connectivity index (χ0) is 11.7. The summed E-state index contributed by atoms with van der Waals surface area (Å²) in [6, 6.07) is 0. The van der Waals surface area contributed by atoms with Crippen molar-refractivity contribution >= 4 is 0 Å². The van der Waals surface area contributed by atoms with Crippen LogP contribution in [0.25, 0.3) is 0 Å². The largest absolute Gasteiger partial charge is 0.374 e. The van der Waals surface area contributed by atoms with Gasteiger partial charge in [0.05, 0.1) is 5.60 Å². The number of ether oxygens (including phenoxy) is 1. The van der Waals surface area contributed by atoms with Gasteiger partial charge in [-0.05, 0) is 37.0 Å². The summed E-state index contributed by atoms with van der Waals surface area (Å²) in [6.45, 7) is 12.8. The van der Waals surface area contributed by atoms with Gasteiger partial charge in [-0.1, -0.05) is 27.7 Å². The summed E-state index contributed by atoms with van der Waals surface area (Å²) in [5.41, 5.74) is 6.55. The first kappa shape index (κ1) is 13.0. The van der Waals surface area contributed by atoms with Crippen LogP contribution < -0.4 is 5.73 Å². The van der Waals surface area contributed by atoms with Crippen LogP contribution in [-0.4, -0.2) is 18.8 Å². The first-order chi connectivity index (χ1) is 6.74. The van der Waals surface area contributed by atoms with Gasteiger partial charge in [0.2, 0.25) is 0 Å². The molecule has 0 amide bonds. The van der Waals surface area contributed by atoms with Crippen LogP contribution in [0.2, 0.25) is 0 Å². The average molecular weight is 213 g/mol. The zero-order valence-corrected chi connectivity index (χ0v) is 11.0. The molecule has 15 heavy (non-hydrogen) atoms. The summed E-state index contributed by atoms with van der Waals surface area (Å²) in [7, 11) is 0. The predicted molar refractivity (Wildman–Crippen MR) is 64.8 cm³/mol. The van der Waals surface area contributed by atoms with Crippen molar-refractivity contribution in [3.8, 4) is 0 Å². The Morgan fingerprint density at radius 3 is 1.80 bits per heavy atom. The molecule has 2 N–H and O–H groups in total. The standard InChI is InChI=1S/C13H27NO/c1-6-15-13(10-14)8-11(2,3)7-12(4,5)9-13/h6-10,14H2,1-5H3. The van der Waals surface area contributed by atoms with Gasteiger partial charge in [0.15, 0.2) is 0 Å². The molecular formula is C13H27NO. The van der Waals surface area contributed by atoms with Gasteiger partial charge in [0.25, 0.3) is 0 Å². The van der Waals surface area contributed by atoms with Gasteiger partial charge in [0, 0.05) is 13.2 Å². The highest BCUT2D eigenvalue weighted by Gasteiger charge is 2.47.